The molecule has 1 aliphatic heterocycles. The van der Waals surface area contributed by atoms with Gasteiger partial charge in [-0.05, 0) is 11.6 Å². The number of rotatable bonds is 4. The molecule has 1 N–H and O–H groups in total. The largest absolute Gasteiger partial charge is 0.489 e. The fourth-order valence-corrected chi connectivity index (χ4v) is 3.25. The van der Waals surface area contributed by atoms with Gasteiger partial charge in [0.2, 0.25) is 5.91 Å². The van der Waals surface area contributed by atoms with E-state index in [1.54, 1.807) is 4.68 Å². The first-order chi connectivity index (χ1) is 12.2. The summed E-state index contributed by atoms with van der Waals surface area (Å²) in [6.07, 6.45) is 2.22. The van der Waals surface area contributed by atoms with Crippen LogP contribution in [0.5, 0.6) is 5.75 Å². The van der Waals surface area contributed by atoms with Gasteiger partial charge in [0.15, 0.2) is 0 Å². The maximum Gasteiger partial charge on any atom is 0.226 e. The van der Waals surface area contributed by atoms with Crippen molar-refractivity contribution >= 4 is 11.7 Å². The van der Waals surface area contributed by atoms with Gasteiger partial charge in [-0.15, -0.1) is 0 Å². The number of para-hydroxylation sites is 1. The van der Waals surface area contributed by atoms with Gasteiger partial charge in [-0.3, -0.25) is 9.48 Å². The highest BCUT2D eigenvalue weighted by atomic mass is 16.5. The van der Waals surface area contributed by atoms with Crippen molar-refractivity contribution in [2.45, 2.75) is 18.9 Å². The topological polar surface area (TPSA) is 56.2 Å². The molecule has 0 fully saturated rings. The van der Waals surface area contributed by atoms with Crippen molar-refractivity contribution in [3.8, 4) is 5.75 Å². The van der Waals surface area contributed by atoms with Gasteiger partial charge in [-0.2, -0.15) is 5.10 Å². The highest BCUT2D eigenvalue weighted by molar-refractivity contribution is 5.94. The van der Waals surface area contributed by atoms with Gasteiger partial charge in [-0.25, -0.2) is 0 Å². The normalized spacial score (nSPS) is 16.2. The van der Waals surface area contributed by atoms with Gasteiger partial charge in [0.1, 0.15) is 18.2 Å². The Hall–Kier alpha value is -3.08. The molecule has 0 radical (unpaired) electrons. The number of nitrogens with zero attached hydrogens (tertiary/aromatic N) is 2. The maximum atomic E-state index is 12.2. The molecule has 3 aromatic rings. The van der Waals surface area contributed by atoms with Crippen molar-refractivity contribution in [2.24, 2.45) is 7.05 Å². The Labute approximate surface area is 146 Å². The molecule has 1 atom stereocenters. The molecular formula is C20H19N3O2. The maximum absolute atomic E-state index is 12.2. The molecule has 5 nitrogen and oxygen atoms in total. The lowest BCUT2D eigenvalue weighted by Gasteiger charge is -2.25. The quantitative estimate of drug-likeness (QED) is 0.795. The van der Waals surface area contributed by atoms with Crippen molar-refractivity contribution in [3.63, 3.8) is 0 Å². The van der Waals surface area contributed by atoms with E-state index in [1.807, 2.05) is 67.8 Å². The summed E-state index contributed by atoms with van der Waals surface area (Å²) in [6, 6.07) is 18.0. The average molecular weight is 333 g/mol. The van der Waals surface area contributed by atoms with E-state index < -0.39 is 0 Å². The number of aryl methyl sites for hydroxylation is 1. The van der Waals surface area contributed by atoms with Gasteiger partial charge in [-0.1, -0.05) is 48.5 Å². The molecule has 0 unspecified atom stereocenters. The number of aromatic nitrogens is 2. The van der Waals surface area contributed by atoms with Crippen LogP contribution in [-0.4, -0.2) is 15.7 Å². The summed E-state index contributed by atoms with van der Waals surface area (Å²) in [5, 5.41) is 7.20. The molecule has 0 bridgehead atoms. The van der Waals surface area contributed by atoms with Crippen LogP contribution in [-0.2, 0) is 18.4 Å². The van der Waals surface area contributed by atoms with Gasteiger partial charge in [0.05, 0.1) is 6.20 Å². The molecule has 1 aromatic heterocycles. The Bertz CT molecular complexity index is 902. The fourth-order valence-electron chi connectivity index (χ4n) is 3.25. The van der Waals surface area contributed by atoms with E-state index in [9.17, 15) is 4.79 Å². The third-order valence-electron chi connectivity index (χ3n) is 4.52. The SMILES string of the molecule is Cn1ncc2c1NC(=O)C[C@@H]2c1ccccc1OCc1ccccc1. The first-order valence-corrected chi connectivity index (χ1v) is 8.30. The molecule has 1 amide bonds. The highest BCUT2D eigenvalue weighted by Gasteiger charge is 2.31. The number of fused-ring (bicyclic) bond motifs is 1. The average Bonchev–Trinajstić information content (AvgIpc) is 3.01. The summed E-state index contributed by atoms with van der Waals surface area (Å²) >= 11 is 0. The monoisotopic (exact) mass is 333 g/mol. The Morgan fingerprint density at radius 3 is 2.72 bits per heavy atom. The van der Waals surface area contributed by atoms with E-state index in [0.717, 1.165) is 28.3 Å². The number of amides is 1. The number of anilines is 1. The lowest BCUT2D eigenvalue weighted by atomic mass is 9.87. The van der Waals surface area contributed by atoms with Crippen molar-refractivity contribution in [1.29, 1.82) is 0 Å². The van der Waals surface area contributed by atoms with Crippen LogP contribution < -0.4 is 10.1 Å². The molecule has 0 spiro atoms. The molecule has 5 heteroatoms. The van der Waals surface area contributed by atoms with E-state index in [0.29, 0.717) is 13.0 Å². The Morgan fingerprint density at radius 1 is 1.12 bits per heavy atom. The predicted octanol–water partition coefficient (Wildman–Crippen LogP) is 3.47. The number of ether oxygens (including phenoxy) is 1. The third-order valence-corrected chi connectivity index (χ3v) is 4.52. The van der Waals surface area contributed by atoms with Crippen molar-refractivity contribution in [3.05, 3.63) is 77.5 Å². The highest BCUT2D eigenvalue weighted by Crippen LogP contribution is 2.40. The van der Waals surface area contributed by atoms with Gasteiger partial charge in [0.25, 0.3) is 0 Å². The minimum atomic E-state index is -0.0515. The number of carbonyl (C=O) groups is 1. The van der Waals surface area contributed by atoms with E-state index >= 15 is 0 Å². The number of hydrogen-bond acceptors (Lipinski definition) is 3. The molecule has 1 aliphatic rings. The van der Waals surface area contributed by atoms with Crippen LogP contribution in [0.3, 0.4) is 0 Å². The van der Waals surface area contributed by atoms with Gasteiger partial charge < -0.3 is 10.1 Å². The lowest BCUT2D eigenvalue weighted by molar-refractivity contribution is -0.116. The van der Waals surface area contributed by atoms with Crippen LogP contribution >= 0.6 is 0 Å². The second-order valence-corrected chi connectivity index (χ2v) is 6.19. The molecule has 2 aromatic carbocycles. The van der Waals surface area contributed by atoms with Gasteiger partial charge in [0, 0.05) is 30.5 Å². The standard InChI is InChI=1S/C20H19N3O2/c1-23-20-17(12-21-23)16(11-19(24)22-20)15-9-5-6-10-18(15)25-13-14-7-3-2-4-8-14/h2-10,12,16H,11,13H2,1H3,(H,22,24)/t16-/m1/s1. The smallest absolute Gasteiger partial charge is 0.226 e. The summed E-state index contributed by atoms with van der Waals surface area (Å²) in [7, 11) is 1.83. The molecule has 25 heavy (non-hydrogen) atoms. The molecule has 2 heterocycles. The van der Waals surface area contributed by atoms with Crippen molar-refractivity contribution in [1.82, 2.24) is 9.78 Å². The third kappa shape index (κ3) is 3.01. The summed E-state index contributed by atoms with van der Waals surface area (Å²) < 4.78 is 7.78. The van der Waals surface area contributed by atoms with Crippen LogP contribution in [0.25, 0.3) is 0 Å². The summed E-state index contributed by atoms with van der Waals surface area (Å²) in [5.74, 6) is 1.52. The lowest BCUT2D eigenvalue weighted by Crippen LogP contribution is -2.24. The summed E-state index contributed by atoms with van der Waals surface area (Å²) in [6.45, 7) is 0.497. The first kappa shape index (κ1) is 15.4. The van der Waals surface area contributed by atoms with Crippen molar-refractivity contribution in [2.75, 3.05) is 5.32 Å². The molecule has 4 rings (SSSR count). The van der Waals surface area contributed by atoms with Crippen LogP contribution in [0.4, 0.5) is 5.82 Å². The van der Waals surface area contributed by atoms with E-state index in [2.05, 4.69) is 10.4 Å². The number of benzene rings is 2. The summed E-state index contributed by atoms with van der Waals surface area (Å²) in [4.78, 5) is 12.2. The second kappa shape index (κ2) is 6.43. The number of nitrogens with one attached hydrogen (secondary N) is 1. The minimum Gasteiger partial charge on any atom is -0.489 e. The molecule has 0 saturated carbocycles. The molecule has 0 saturated heterocycles. The number of hydrogen-bond donors (Lipinski definition) is 1. The van der Waals surface area contributed by atoms with E-state index in [4.69, 9.17) is 4.74 Å². The van der Waals surface area contributed by atoms with E-state index in [-0.39, 0.29) is 11.8 Å². The first-order valence-electron chi connectivity index (χ1n) is 8.30. The molecular weight excluding hydrogens is 314 g/mol. The van der Waals surface area contributed by atoms with Crippen LogP contribution in [0, 0.1) is 0 Å². The van der Waals surface area contributed by atoms with Gasteiger partial charge >= 0.3 is 0 Å². The Kier molecular flexibility index (Phi) is 3.98. The fraction of sp³-hybridized carbons (Fsp3) is 0.200. The summed E-state index contributed by atoms with van der Waals surface area (Å²) in [5.41, 5.74) is 3.15. The van der Waals surface area contributed by atoms with Crippen LogP contribution in [0.2, 0.25) is 0 Å². The minimum absolute atomic E-state index is 0.000961. The van der Waals surface area contributed by atoms with E-state index in [1.165, 1.54) is 0 Å². The zero-order valence-electron chi connectivity index (χ0n) is 14.0. The Balaban J connectivity index is 1.66. The zero-order chi connectivity index (χ0) is 17.2. The number of carbonyl (C=O) groups excluding carboxylic acids is 1. The molecule has 126 valence electrons. The van der Waals surface area contributed by atoms with Crippen LogP contribution in [0.1, 0.15) is 29.0 Å². The molecule has 0 aliphatic carbocycles. The second-order valence-electron chi connectivity index (χ2n) is 6.19. The Morgan fingerprint density at radius 2 is 1.88 bits per heavy atom. The zero-order valence-corrected chi connectivity index (χ0v) is 14.0. The predicted molar refractivity (Wildman–Crippen MR) is 95.5 cm³/mol. The van der Waals surface area contributed by atoms with Crippen LogP contribution in [0.15, 0.2) is 60.8 Å². The van der Waals surface area contributed by atoms with Crippen molar-refractivity contribution < 1.29 is 9.53 Å².